The molecule has 24 heavy (non-hydrogen) atoms. The Morgan fingerprint density at radius 1 is 1.08 bits per heavy atom. The van der Waals surface area contributed by atoms with Gasteiger partial charge in [0.25, 0.3) is 5.89 Å². The van der Waals surface area contributed by atoms with Gasteiger partial charge in [-0.3, -0.25) is 0 Å². The van der Waals surface area contributed by atoms with E-state index in [0.717, 1.165) is 18.2 Å². The molecule has 0 amide bonds. The monoisotopic (exact) mass is 350 g/mol. The molecule has 122 valence electrons. The molecule has 3 aromatic rings. The summed E-state index contributed by atoms with van der Waals surface area (Å²) in [5, 5.41) is 8.15. The third-order valence-corrected chi connectivity index (χ3v) is 3.29. The number of benzene rings is 2. The minimum absolute atomic E-state index is 0.0656. The van der Waals surface area contributed by atoms with Crippen LogP contribution in [0.1, 0.15) is 16.2 Å². The van der Waals surface area contributed by atoms with E-state index in [1.807, 2.05) is 0 Å². The van der Waals surface area contributed by atoms with Crippen molar-refractivity contribution in [3.8, 4) is 11.5 Å². The zero-order valence-corrected chi connectivity index (χ0v) is 12.8. The van der Waals surface area contributed by atoms with E-state index in [2.05, 4.69) is 10.2 Å². The fraction of sp³-hybridized carbons (Fsp3) is 0.0625. The van der Waals surface area contributed by atoms with Crippen molar-refractivity contribution < 1.29 is 22.7 Å². The van der Waals surface area contributed by atoms with E-state index in [0.29, 0.717) is 10.6 Å². The van der Waals surface area contributed by atoms with Crippen LogP contribution < -0.4 is 0 Å². The molecule has 2 aromatic carbocycles. The lowest BCUT2D eigenvalue weighted by Crippen LogP contribution is -2.06. The van der Waals surface area contributed by atoms with Gasteiger partial charge in [-0.25, -0.2) is 13.6 Å². The predicted octanol–water partition coefficient (Wildman–Crippen LogP) is 4.03. The number of ether oxygens (including phenoxy) is 1. The van der Waals surface area contributed by atoms with Gasteiger partial charge in [-0.2, -0.15) is 0 Å². The number of carbonyl (C=O) groups is 1. The van der Waals surface area contributed by atoms with Crippen molar-refractivity contribution in [2.24, 2.45) is 0 Å². The first-order chi connectivity index (χ1) is 11.5. The highest BCUT2D eigenvalue weighted by Crippen LogP contribution is 2.20. The standard InChI is InChI=1S/C16H9ClF2N2O3/c17-11-4-1-9(2-5-11)15-21-20-14(24-15)8-23-16(22)10-3-6-12(18)13(19)7-10/h1-7H,8H2. The van der Waals surface area contributed by atoms with E-state index in [9.17, 15) is 13.6 Å². The van der Waals surface area contributed by atoms with Crippen molar-refractivity contribution >= 4 is 17.6 Å². The number of carbonyl (C=O) groups excluding carboxylic acids is 1. The third kappa shape index (κ3) is 3.57. The Labute approximate surface area is 139 Å². The zero-order chi connectivity index (χ0) is 17.1. The van der Waals surface area contributed by atoms with Crippen LogP contribution in [0.5, 0.6) is 0 Å². The summed E-state index contributed by atoms with van der Waals surface area (Å²) in [6.45, 7) is -0.293. The van der Waals surface area contributed by atoms with Crippen molar-refractivity contribution in [3.63, 3.8) is 0 Å². The highest BCUT2D eigenvalue weighted by atomic mass is 35.5. The first kappa shape index (κ1) is 16.1. The molecule has 0 fully saturated rings. The summed E-state index contributed by atoms with van der Waals surface area (Å²) < 4.78 is 36.2. The number of rotatable bonds is 4. The van der Waals surface area contributed by atoms with Gasteiger partial charge in [-0.05, 0) is 42.5 Å². The summed E-state index contributed by atoms with van der Waals surface area (Å²) in [5.41, 5.74) is 0.538. The van der Waals surface area contributed by atoms with E-state index in [1.54, 1.807) is 24.3 Å². The van der Waals surface area contributed by atoms with Crippen LogP contribution in [0.4, 0.5) is 8.78 Å². The molecule has 5 nitrogen and oxygen atoms in total. The van der Waals surface area contributed by atoms with Gasteiger partial charge in [-0.15, -0.1) is 10.2 Å². The Morgan fingerprint density at radius 3 is 2.54 bits per heavy atom. The van der Waals surface area contributed by atoms with Gasteiger partial charge in [0.05, 0.1) is 5.56 Å². The summed E-state index contributed by atoms with van der Waals surface area (Å²) in [5.74, 6) is -2.70. The van der Waals surface area contributed by atoms with Crippen molar-refractivity contribution in [1.29, 1.82) is 0 Å². The quantitative estimate of drug-likeness (QED) is 0.665. The summed E-state index contributed by atoms with van der Waals surface area (Å²) in [6.07, 6.45) is 0. The average molecular weight is 351 g/mol. The van der Waals surface area contributed by atoms with Gasteiger partial charge in [0.15, 0.2) is 18.2 Å². The number of hydrogen-bond donors (Lipinski definition) is 0. The molecule has 0 bridgehead atoms. The molecular weight excluding hydrogens is 342 g/mol. The summed E-state index contributed by atoms with van der Waals surface area (Å²) in [6, 6.07) is 9.46. The first-order valence-electron chi connectivity index (χ1n) is 6.73. The van der Waals surface area contributed by atoms with E-state index in [-0.39, 0.29) is 24.0 Å². The number of halogens is 3. The predicted molar refractivity (Wildman–Crippen MR) is 80.2 cm³/mol. The maximum atomic E-state index is 13.1. The van der Waals surface area contributed by atoms with Gasteiger partial charge < -0.3 is 9.15 Å². The Kier molecular flexibility index (Phi) is 4.52. The molecule has 0 saturated carbocycles. The zero-order valence-electron chi connectivity index (χ0n) is 12.0. The summed E-state index contributed by atoms with van der Waals surface area (Å²) in [4.78, 5) is 11.8. The highest BCUT2D eigenvalue weighted by molar-refractivity contribution is 6.30. The molecule has 0 atom stereocenters. The maximum Gasteiger partial charge on any atom is 0.338 e. The van der Waals surface area contributed by atoms with Crippen molar-refractivity contribution in [2.45, 2.75) is 6.61 Å². The number of esters is 1. The second kappa shape index (κ2) is 6.76. The van der Waals surface area contributed by atoms with Crippen LogP contribution in [0, 0.1) is 11.6 Å². The normalized spacial score (nSPS) is 10.6. The molecular formula is C16H9ClF2N2O3. The minimum Gasteiger partial charge on any atom is -0.452 e. The number of aromatic nitrogens is 2. The first-order valence-corrected chi connectivity index (χ1v) is 7.11. The molecule has 0 unspecified atom stereocenters. The SMILES string of the molecule is O=C(OCc1nnc(-c2ccc(Cl)cc2)o1)c1ccc(F)c(F)c1. The molecule has 0 N–H and O–H groups in total. The second-order valence-electron chi connectivity index (χ2n) is 4.71. The Hall–Kier alpha value is -2.80. The van der Waals surface area contributed by atoms with Gasteiger partial charge in [0.2, 0.25) is 5.89 Å². The van der Waals surface area contributed by atoms with Gasteiger partial charge in [0, 0.05) is 10.6 Å². The minimum atomic E-state index is -1.13. The van der Waals surface area contributed by atoms with E-state index < -0.39 is 17.6 Å². The number of nitrogens with zero attached hydrogens (tertiary/aromatic N) is 2. The van der Waals surface area contributed by atoms with Gasteiger partial charge >= 0.3 is 5.97 Å². The third-order valence-electron chi connectivity index (χ3n) is 3.04. The lowest BCUT2D eigenvalue weighted by Gasteiger charge is -2.02. The number of hydrogen-bond acceptors (Lipinski definition) is 5. The fourth-order valence-electron chi connectivity index (χ4n) is 1.85. The summed E-state index contributed by atoms with van der Waals surface area (Å²) in [7, 11) is 0. The smallest absolute Gasteiger partial charge is 0.338 e. The van der Waals surface area contributed by atoms with Gasteiger partial charge in [0.1, 0.15) is 0 Å². The Balaban J connectivity index is 1.65. The van der Waals surface area contributed by atoms with Crippen LogP contribution in [0.3, 0.4) is 0 Å². The van der Waals surface area contributed by atoms with E-state index >= 15 is 0 Å². The lowest BCUT2D eigenvalue weighted by atomic mass is 10.2. The molecule has 1 heterocycles. The van der Waals surface area contributed by atoms with Crippen LogP contribution in [0.2, 0.25) is 5.02 Å². The molecule has 0 spiro atoms. The van der Waals surface area contributed by atoms with Gasteiger partial charge in [-0.1, -0.05) is 11.6 Å². The Bertz CT molecular complexity index is 881. The molecule has 0 aliphatic carbocycles. The van der Waals surface area contributed by atoms with E-state index in [4.69, 9.17) is 20.8 Å². The van der Waals surface area contributed by atoms with Crippen molar-refractivity contribution in [2.75, 3.05) is 0 Å². The van der Waals surface area contributed by atoms with E-state index in [1.165, 1.54) is 0 Å². The largest absolute Gasteiger partial charge is 0.452 e. The molecule has 0 radical (unpaired) electrons. The van der Waals surface area contributed by atoms with Crippen LogP contribution >= 0.6 is 11.6 Å². The van der Waals surface area contributed by atoms with Crippen molar-refractivity contribution in [3.05, 3.63) is 70.6 Å². The summed E-state index contributed by atoms with van der Waals surface area (Å²) >= 11 is 5.79. The van der Waals surface area contributed by atoms with Crippen LogP contribution in [-0.2, 0) is 11.3 Å². The Morgan fingerprint density at radius 2 is 1.83 bits per heavy atom. The second-order valence-corrected chi connectivity index (χ2v) is 5.15. The van der Waals surface area contributed by atoms with Crippen LogP contribution in [0.15, 0.2) is 46.9 Å². The fourth-order valence-corrected chi connectivity index (χ4v) is 1.98. The molecule has 0 saturated heterocycles. The van der Waals surface area contributed by atoms with Crippen LogP contribution in [-0.4, -0.2) is 16.2 Å². The average Bonchev–Trinajstić information content (AvgIpc) is 3.05. The van der Waals surface area contributed by atoms with Crippen LogP contribution in [0.25, 0.3) is 11.5 Å². The maximum absolute atomic E-state index is 13.1. The lowest BCUT2D eigenvalue weighted by molar-refractivity contribution is 0.0438. The molecule has 8 heteroatoms. The highest BCUT2D eigenvalue weighted by Gasteiger charge is 2.14. The van der Waals surface area contributed by atoms with Crippen molar-refractivity contribution in [1.82, 2.24) is 10.2 Å². The topological polar surface area (TPSA) is 65.2 Å². The molecule has 0 aliphatic rings. The molecule has 0 aliphatic heterocycles. The molecule has 1 aromatic heterocycles. The molecule has 3 rings (SSSR count).